The molecule has 0 unspecified atom stereocenters. The molecule has 1 saturated heterocycles. The Labute approximate surface area is 220 Å². The predicted molar refractivity (Wildman–Crippen MR) is 130 cm³/mol. The van der Waals surface area contributed by atoms with Crippen LogP contribution in [0, 0.1) is 0 Å². The average Bonchev–Trinajstić information content (AvgIpc) is 2.85. The molecule has 1 rings (SSSR count). The van der Waals surface area contributed by atoms with Crippen LogP contribution in [-0.4, -0.2) is 107 Å². The lowest BCUT2D eigenvalue weighted by atomic mass is 9.96. The molecule has 15 heteroatoms. The molecule has 0 spiro atoms. The molecule has 1 aliphatic heterocycles. The third-order valence-electron chi connectivity index (χ3n) is 5.75. The second kappa shape index (κ2) is 16.2. The molecular formula is C23H40N4O11. The lowest BCUT2D eigenvalue weighted by molar-refractivity contribution is -0.266. The summed E-state index contributed by atoms with van der Waals surface area (Å²) in [5, 5.41) is 37.3. The molecule has 38 heavy (non-hydrogen) atoms. The van der Waals surface area contributed by atoms with E-state index in [1.54, 1.807) is 0 Å². The van der Waals surface area contributed by atoms with Crippen molar-refractivity contribution in [2.24, 2.45) is 5.73 Å². The molecule has 1 fully saturated rings. The van der Waals surface area contributed by atoms with Crippen molar-refractivity contribution in [2.75, 3.05) is 13.2 Å². The third-order valence-corrected chi connectivity index (χ3v) is 5.75. The van der Waals surface area contributed by atoms with Gasteiger partial charge in [0, 0.05) is 13.3 Å². The zero-order chi connectivity index (χ0) is 29.0. The fourth-order valence-corrected chi connectivity index (χ4v) is 3.58. The van der Waals surface area contributed by atoms with Crippen LogP contribution in [-0.2, 0) is 38.2 Å². The van der Waals surface area contributed by atoms with E-state index < -0.39 is 85.0 Å². The zero-order valence-electron chi connectivity index (χ0n) is 22.0. The normalized spacial score (nSPS) is 25.4. The Balaban J connectivity index is 2.83. The number of unbranched alkanes of at least 4 members (excludes halogenated alkanes) is 1. The summed E-state index contributed by atoms with van der Waals surface area (Å²) in [7, 11) is 0. The van der Waals surface area contributed by atoms with Crippen LogP contribution in [0.1, 0.15) is 53.4 Å². The van der Waals surface area contributed by atoms with Crippen molar-refractivity contribution in [1.82, 2.24) is 16.0 Å². The van der Waals surface area contributed by atoms with Gasteiger partial charge < -0.3 is 51.2 Å². The summed E-state index contributed by atoms with van der Waals surface area (Å²) in [5.74, 6) is -3.51. The number of hydrogen-bond donors (Lipinski definition) is 7. The van der Waals surface area contributed by atoms with Gasteiger partial charge in [-0.2, -0.15) is 0 Å². The average molecular weight is 549 g/mol. The fraction of sp³-hybridized carbons (Fsp3) is 0.783. The van der Waals surface area contributed by atoms with E-state index in [1.807, 2.05) is 6.92 Å². The number of ether oxygens (including phenoxy) is 3. The molecule has 0 bridgehead atoms. The highest BCUT2D eigenvalue weighted by atomic mass is 16.6. The summed E-state index contributed by atoms with van der Waals surface area (Å²) >= 11 is 0. The van der Waals surface area contributed by atoms with Crippen molar-refractivity contribution in [3.63, 3.8) is 0 Å². The number of hydrogen-bond acceptors (Lipinski definition) is 11. The van der Waals surface area contributed by atoms with E-state index in [1.165, 1.54) is 20.8 Å². The van der Waals surface area contributed by atoms with Crippen LogP contribution in [0.3, 0.4) is 0 Å². The number of rotatable bonds is 15. The first-order chi connectivity index (χ1) is 17.8. The van der Waals surface area contributed by atoms with Crippen LogP contribution in [0.2, 0.25) is 0 Å². The Bertz CT molecular complexity index is 827. The van der Waals surface area contributed by atoms with Crippen LogP contribution < -0.4 is 21.7 Å². The van der Waals surface area contributed by atoms with E-state index in [-0.39, 0.29) is 19.4 Å². The smallest absolute Gasteiger partial charge is 0.328 e. The summed E-state index contributed by atoms with van der Waals surface area (Å²) in [4.78, 5) is 60.5. The Morgan fingerprint density at radius 2 is 1.74 bits per heavy atom. The first kappa shape index (κ1) is 33.2. The maximum atomic E-state index is 12.7. The highest BCUT2D eigenvalue weighted by Crippen LogP contribution is 2.23. The van der Waals surface area contributed by atoms with Gasteiger partial charge in [-0.3, -0.25) is 19.2 Å². The minimum atomic E-state index is -1.64. The van der Waals surface area contributed by atoms with E-state index in [9.17, 15) is 39.3 Å². The van der Waals surface area contributed by atoms with Crippen LogP contribution >= 0.6 is 0 Å². The number of aliphatic hydroxyl groups excluding tert-OH is 3. The summed E-state index contributed by atoms with van der Waals surface area (Å²) in [6, 6.07) is -3.58. The Hall–Kier alpha value is -2.85. The molecule has 4 amide bonds. The van der Waals surface area contributed by atoms with E-state index in [2.05, 4.69) is 16.0 Å². The Kier molecular flexibility index (Phi) is 14.1. The molecule has 0 aliphatic carbocycles. The van der Waals surface area contributed by atoms with Crippen molar-refractivity contribution in [3.8, 4) is 0 Å². The van der Waals surface area contributed by atoms with Crippen molar-refractivity contribution >= 4 is 29.6 Å². The van der Waals surface area contributed by atoms with Gasteiger partial charge in [0.2, 0.25) is 23.6 Å². The van der Waals surface area contributed by atoms with Crippen LogP contribution in [0.25, 0.3) is 0 Å². The van der Waals surface area contributed by atoms with Gasteiger partial charge in [0.25, 0.3) is 0 Å². The molecule has 0 aromatic heterocycles. The molecule has 0 radical (unpaired) electrons. The molecule has 1 heterocycles. The first-order valence-electron chi connectivity index (χ1n) is 12.4. The van der Waals surface area contributed by atoms with Crippen molar-refractivity contribution in [3.05, 3.63) is 0 Å². The van der Waals surface area contributed by atoms with E-state index >= 15 is 0 Å². The lowest BCUT2D eigenvalue weighted by Crippen LogP contribution is -2.65. The number of carbonyl (C=O) groups is 5. The van der Waals surface area contributed by atoms with Gasteiger partial charge in [0.15, 0.2) is 6.29 Å². The molecule has 8 N–H and O–H groups in total. The molecule has 1 aliphatic rings. The summed E-state index contributed by atoms with van der Waals surface area (Å²) in [5.41, 5.74) is 5.15. The van der Waals surface area contributed by atoms with Crippen molar-refractivity contribution < 1.29 is 53.5 Å². The highest BCUT2D eigenvalue weighted by Gasteiger charge is 2.47. The summed E-state index contributed by atoms with van der Waals surface area (Å²) < 4.78 is 15.8. The number of esters is 1. The molecular weight excluding hydrogens is 508 g/mol. The van der Waals surface area contributed by atoms with Crippen LogP contribution in [0.5, 0.6) is 0 Å². The number of nitrogens with two attached hydrogens (primary N) is 1. The SMILES string of the molecule is CCCCOC(=O)[C@H](CCC(N)=O)NC(=O)[C@H](C)NC(=O)[C@@H](C)O[C@H]1[C@H](O)[C@@H](CO)O[C@@H](O)[C@@H]1NC(C)=O. The molecule has 0 aromatic carbocycles. The number of carbonyl (C=O) groups excluding carboxylic acids is 5. The zero-order valence-corrected chi connectivity index (χ0v) is 22.0. The van der Waals surface area contributed by atoms with Crippen LogP contribution in [0.15, 0.2) is 0 Å². The van der Waals surface area contributed by atoms with Gasteiger partial charge in [-0.15, -0.1) is 0 Å². The second-order valence-corrected chi connectivity index (χ2v) is 9.02. The molecule has 8 atom stereocenters. The van der Waals surface area contributed by atoms with Gasteiger partial charge in [-0.1, -0.05) is 13.3 Å². The minimum Gasteiger partial charge on any atom is -0.464 e. The number of aliphatic hydroxyl groups is 3. The maximum absolute atomic E-state index is 12.7. The topological polar surface area (TPSA) is 236 Å². The highest BCUT2D eigenvalue weighted by molar-refractivity contribution is 5.91. The molecule has 0 aromatic rings. The standard InChI is InChI=1S/C23H40N4O11/c1-5-6-9-36-22(34)14(7-8-16(24)30)27-20(32)11(2)25-21(33)12(3)37-19-17(26-13(4)29)23(35)38-15(10-28)18(19)31/h11-12,14-15,17-19,23,28,31,35H,5-10H2,1-4H3,(H2,24,30)(H,25,33)(H,26,29)(H,27,32)/t11-,12+,14-,15+,17+,18+,19+,23+/m0/s1. The van der Waals surface area contributed by atoms with Gasteiger partial charge in [-0.25, -0.2) is 4.79 Å². The largest absolute Gasteiger partial charge is 0.464 e. The molecule has 15 nitrogen and oxygen atoms in total. The van der Waals surface area contributed by atoms with Gasteiger partial charge in [0.05, 0.1) is 13.2 Å². The number of nitrogens with one attached hydrogen (secondary N) is 3. The summed E-state index contributed by atoms with van der Waals surface area (Å²) in [6.45, 7) is 5.21. The summed E-state index contributed by atoms with van der Waals surface area (Å²) in [6.07, 6.45) is -5.90. The van der Waals surface area contributed by atoms with Crippen molar-refractivity contribution in [2.45, 2.75) is 102 Å². The Morgan fingerprint density at radius 1 is 1.08 bits per heavy atom. The maximum Gasteiger partial charge on any atom is 0.328 e. The minimum absolute atomic E-state index is 0.0905. The van der Waals surface area contributed by atoms with Crippen LogP contribution in [0.4, 0.5) is 0 Å². The monoisotopic (exact) mass is 548 g/mol. The quantitative estimate of drug-likeness (QED) is 0.0801. The lowest BCUT2D eigenvalue weighted by Gasteiger charge is -2.43. The molecule has 0 saturated carbocycles. The predicted octanol–water partition coefficient (Wildman–Crippen LogP) is -3.07. The van der Waals surface area contributed by atoms with E-state index in [0.29, 0.717) is 6.42 Å². The number of amides is 4. The number of primary amides is 1. The van der Waals surface area contributed by atoms with Gasteiger partial charge in [-0.05, 0) is 26.7 Å². The molecule has 218 valence electrons. The Morgan fingerprint density at radius 3 is 2.29 bits per heavy atom. The first-order valence-corrected chi connectivity index (χ1v) is 12.4. The van der Waals surface area contributed by atoms with E-state index in [0.717, 1.165) is 6.42 Å². The fourth-order valence-electron chi connectivity index (χ4n) is 3.58. The van der Waals surface area contributed by atoms with Gasteiger partial charge in [0.1, 0.15) is 42.5 Å². The van der Waals surface area contributed by atoms with E-state index in [4.69, 9.17) is 19.9 Å². The third kappa shape index (κ3) is 10.5. The second-order valence-electron chi connectivity index (χ2n) is 9.02. The van der Waals surface area contributed by atoms with Gasteiger partial charge >= 0.3 is 5.97 Å². The van der Waals surface area contributed by atoms with Crippen molar-refractivity contribution in [1.29, 1.82) is 0 Å².